The number of benzene rings is 1. The van der Waals surface area contributed by atoms with Gasteiger partial charge in [-0.05, 0) is 12.1 Å². The van der Waals surface area contributed by atoms with E-state index in [1.807, 2.05) is 0 Å². The summed E-state index contributed by atoms with van der Waals surface area (Å²) in [6, 6.07) is 3.47. The molecule has 0 bridgehead atoms. The molecule has 0 amide bonds. The molecule has 98 valence electrons. The summed E-state index contributed by atoms with van der Waals surface area (Å²) < 4.78 is 32.0. The van der Waals surface area contributed by atoms with Gasteiger partial charge in [0.05, 0.1) is 0 Å². The maximum absolute atomic E-state index is 11.3. The van der Waals surface area contributed by atoms with Crippen LogP contribution in [0.4, 0.5) is 0 Å². The number of hydrogen-bond donors (Lipinski definition) is 1. The minimum absolute atomic E-state index is 0.0116. The van der Waals surface area contributed by atoms with Crippen molar-refractivity contribution in [3.8, 4) is 11.5 Å². The molecule has 0 radical (unpaired) electrons. The van der Waals surface area contributed by atoms with Gasteiger partial charge in [-0.1, -0.05) is 0 Å². The van der Waals surface area contributed by atoms with Gasteiger partial charge in [-0.3, -0.25) is 9.59 Å². The monoisotopic (exact) mass is 273 g/mol. The molecule has 0 aliphatic carbocycles. The van der Waals surface area contributed by atoms with E-state index < -0.39 is 26.9 Å². The highest BCUT2D eigenvalue weighted by molar-refractivity contribution is 7.89. The van der Waals surface area contributed by atoms with E-state index in [0.717, 1.165) is 19.9 Å². The molecule has 0 saturated carbocycles. The van der Waals surface area contributed by atoms with Crippen LogP contribution in [0.15, 0.2) is 23.1 Å². The van der Waals surface area contributed by atoms with E-state index in [4.69, 9.17) is 14.6 Å². The third kappa shape index (κ3) is 3.82. The van der Waals surface area contributed by atoms with Gasteiger partial charge in [-0.15, -0.1) is 0 Å². The first-order valence-corrected chi connectivity index (χ1v) is 6.28. The number of rotatable bonds is 3. The van der Waals surface area contributed by atoms with Gasteiger partial charge >= 0.3 is 11.9 Å². The Hall–Kier alpha value is -1.93. The Morgan fingerprint density at radius 1 is 1.11 bits per heavy atom. The van der Waals surface area contributed by atoms with Gasteiger partial charge in [0.1, 0.15) is 10.6 Å². The molecule has 18 heavy (non-hydrogen) atoms. The van der Waals surface area contributed by atoms with Crippen LogP contribution in [0.2, 0.25) is 0 Å². The average molecular weight is 273 g/mol. The van der Waals surface area contributed by atoms with Crippen LogP contribution in [0.3, 0.4) is 0 Å². The highest BCUT2D eigenvalue weighted by Crippen LogP contribution is 2.27. The summed E-state index contributed by atoms with van der Waals surface area (Å²) in [7, 11) is -4.11. The molecule has 2 N–H and O–H groups in total. The summed E-state index contributed by atoms with van der Waals surface area (Å²) in [4.78, 5) is 21.1. The zero-order chi connectivity index (χ0) is 13.9. The summed E-state index contributed by atoms with van der Waals surface area (Å²) in [6.45, 7) is 2.28. The Kier molecular flexibility index (Phi) is 4.04. The van der Waals surface area contributed by atoms with Gasteiger partial charge in [0, 0.05) is 19.9 Å². The number of ether oxygens (including phenoxy) is 2. The highest BCUT2D eigenvalue weighted by Gasteiger charge is 2.18. The van der Waals surface area contributed by atoms with E-state index >= 15 is 0 Å². The molecule has 0 aliphatic rings. The fourth-order valence-electron chi connectivity index (χ4n) is 1.18. The molecule has 1 rings (SSSR count). The molecule has 0 aromatic heterocycles. The van der Waals surface area contributed by atoms with E-state index in [-0.39, 0.29) is 11.5 Å². The van der Waals surface area contributed by atoms with Crippen molar-refractivity contribution in [1.82, 2.24) is 0 Å². The Balaban J connectivity index is 3.29. The molecular formula is C10H11NO6S. The SMILES string of the molecule is CC(=O)Oc1ccc(OC(C)=O)c(S(N)(=O)=O)c1. The van der Waals surface area contributed by atoms with Gasteiger partial charge in [0.25, 0.3) is 0 Å². The second-order valence-corrected chi connectivity index (χ2v) is 4.87. The molecule has 0 saturated heterocycles. The lowest BCUT2D eigenvalue weighted by Crippen LogP contribution is -2.15. The molecule has 1 aromatic carbocycles. The molecule has 8 heteroatoms. The van der Waals surface area contributed by atoms with Crippen LogP contribution in [0.1, 0.15) is 13.8 Å². The summed E-state index contributed by atoms with van der Waals surface area (Å²) >= 11 is 0. The number of carbonyl (C=O) groups is 2. The number of nitrogens with two attached hydrogens (primary N) is 1. The van der Waals surface area contributed by atoms with Crippen molar-refractivity contribution in [3.63, 3.8) is 0 Å². The summed E-state index contributed by atoms with van der Waals surface area (Å²) in [5, 5.41) is 4.97. The second kappa shape index (κ2) is 5.15. The molecule has 0 heterocycles. The van der Waals surface area contributed by atoms with E-state index in [2.05, 4.69) is 0 Å². The predicted octanol–water partition coefficient (Wildman–Crippen LogP) is 0.185. The van der Waals surface area contributed by atoms with Gasteiger partial charge in [-0.25, -0.2) is 13.6 Å². The zero-order valence-corrected chi connectivity index (χ0v) is 10.5. The Morgan fingerprint density at radius 2 is 1.67 bits per heavy atom. The number of hydrogen-bond acceptors (Lipinski definition) is 6. The van der Waals surface area contributed by atoms with Gasteiger partial charge in [0.15, 0.2) is 5.75 Å². The molecular weight excluding hydrogens is 262 g/mol. The first-order valence-electron chi connectivity index (χ1n) is 4.74. The van der Waals surface area contributed by atoms with Crippen molar-refractivity contribution in [2.45, 2.75) is 18.7 Å². The van der Waals surface area contributed by atoms with E-state index in [9.17, 15) is 18.0 Å². The normalized spacial score (nSPS) is 10.8. The number of esters is 2. The number of sulfonamides is 1. The Bertz CT molecular complexity index is 592. The van der Waals surface area contributed by atoms with Gasteiger partial charge < -0.3 is 9.47 Å². The first-order chi connectivity index (χ1) is 8.20. The van der Waals surface area contributed by atoms with Gasteiger partial charge in [0.2, 0.25) is 10.0 Å². The van der Waals surface area contributed by atoms with Gasteiger partial charge in [-0.2, -0.15) is 0 Å². The second-order valence-electron chi connectivity index (χ2n) is 3.34. The zero-order valence-electron chi connectivity index (χ0n) is 9.67. The first kappa shape index (κ1) is 14.1. The number of carbonyl (C=O) groups excluding carboxylic acids is 2. The van der Waals surface area contributed by atoms with Crippen LogP contribution in [-0.4, -0.2) is 20.4 Å². The van der Waals surface area contributed by atoms with Crippen LogP contribution in [0.25, 0.3) is 0 Å². The minimum Gasteiger partial charge on any atom is -0.427 e. The summed E-state index contributed by atoms with van der Waals surface area (Å²) in [6.07, 6.45) is 0. The predicted molar refractivity (Wildman–Crippen MR) is 60.4 cm³/mol. The van der Waals surface area contributed by atoms with Crippen LogP contribution in [0.5, 0.6) is 11.5 Å². The van der Waals surface area contributed by atoms with Crippen molar-refractivity contribution < 1.29 is 27.5 Å². The van der Waals surface area contributed by atoms with Crippen molar-refractivity contribution in [2.24, 2.45) is 5.14 Å². The quantitative estimate of drug-likeness (QED) is 0.621. The smallest absolute Gasteiger partial charge is 0.308 e. The van der Waals surface area contributed by atoms with Crippen LogP contribution < -0.4 is 14.6 Å². The standard InChI is InChI=1S/C10H11NO6S/c1-6(12)16-8-3-4-9(17-7(2)13)10(5-8)18(11,14)15/h3-5H,1-2H3,(H2,11,14,15). The molecule has 7 nitrogen and oxygen atoms in total. The highest BCUT2D eigenvalue weighted by atomic mass is 32.2. The molecule has 0 unspecified atom stereocenters. The summed E-state index contributed by atoms with van der Waals surface area (Å²) in [5.41, 5.74) is 0. The van der Waals surface area contributed by atoms with Crippen molar-refractivity contribution in [1.29, 1.82) is 0 Å². The van der Waals surface area contributed by atoms with Crippen molar-refractivity contribution >= 4 is 22.0 Å². The topological polar surface area (TPSA) is 113 Å². The summed E-state index contributed by atoms with van der Waals surface area (Å²) in [5.74, 6) is -1.54. The average Bonchev–Trinajstić information content (AvgIpc) is 2.17. The lowest BCUT2D eigenvalue weighted by Gasteiger charge is -2.09. The largest absolute Gasteiger partial charge is 0.427 e. The maximum atomic E-state index is 11.3. The van der Waals surface area contributed by atoms with E-state index in [1.165, 1.54) is 12.1 Å². The molecule has 1 aromatic rings. The van der Waals surface area contributed by atoms with Crippen LogP contribution in [0, 0.1) is 0 Å². The van der Waals surface area contributed by atoms with Crippen molar-refractivity contribution in [2.75, 3.05) is 0 Å². The van der Waals surface area contributed by atoms with Crippen LogP contribution in [-0.2, 0) is 19.6 Å². The lowest BCUT2D eigenvalue weighted by molar-refractivity contribution is -0.133. The van der Waals surface area contributed by atoms with Crippen LogP contribution >= 0.6 is 0 Å². The van der Waals surface area contributed by atoms with E-state index in [0.29, 0.717) is 0 Å². The maximum Gasteiger partial charge on any atom is 0.308 e. The fraction of sp³-hybridized carbons (Fsp3) is 0.200. The molecule has 0 fully saturated rings. The Morgan fingerprint density at radius 3 is 2.11 bits per heavy atom. The van der Waals surface area contributed by atoms with Crippen molar-refractivity contribution in [3.05, 3.63) is 18.2 Å². The fourth-order valence-corrected chi connectivity index (χ4v) is 1.85. The third-order valence-electron chi connectivity index (χ3n) is 1.74. The molecule has 0 atom stereocenters. The minimum atomic E-state index is -4.11. The Labute approximate surface area is 104 Å². The lowest BCUT2D eigenvalue weighted by atomic mass is 10.3. The van der Waals surface area contributed by atoms with E-state index in [1.54, 1.807) is 0 Å². The molecule has 0 spiro atoms. The third-order valence-corrected chi connectivity index (χ3v) is 2.67. The number of primary sulfonamides is 1. The molecule has 0 aliphatic heterocycles.